The molecule has 3 aromatic rings. The summed E-state index contributed by atoms with van der Waals surface area (Å²) in [5, 5.41) is 4.45. The van der Waals surface area contributed by atoms with Crippen molar-refractivity contribution in [3.63, 3.8) is 0 Å². The molecule has 0 unspecified atom stereocenters. The summed E-state index contributed by atoms with van der Waals surface area (Å²) in [5.41, 5.74) is 2.24. The number of alkyl halides is 3. The normalized spacial score (nSPS) is 16.5. The van der Waals surface area contributed by atoms with Crippen LogP contribution < -0.4 is 4.90 Å². The largest absolute Gasteiger partial charge is 0.416 e. The Morgan fingerprint density at radius 2 is 1.82 bits per heavy atom. The topological polar surface area (TPSA) is 36.7 Å². The van der Waals surface area contributed by atoms with E-state index in [0.29, 0.717) is 6.54 Å². The van der Waals surface area contributed by atoms with Crippen LogP contribution in [0.15, 0.2) is 42.7 Å². The van der Waals surface area contributed by atoms with Crippen molar-refractivity contribution in [3.8, 4) is 0 Å². The van der Waals surface area contributed by atoms with Crippen LogP contribution in [0.3, 0.4) is 0 Å². The summed E-state index contributed by atoms with van der Waals surface area (Å²) in [6.07, 6.45) is 0.290. The van der Waals surface area contributed by atoms with Gasteiger partial charge in [0.15, 0.2) is 5.82 Å². The molecule has 0 N–H and O–H groups in total. The standard InChI is InChI=1S/C20H22F3N5/c1-15-13-18-19(24-7-10-28(18)25-15)27-9-2-8-26(11-12-27)14-16-3-5-17(6-4-16)20(21,22)23/h3-7,10,13H,2,8-9,11-12,14H2,1H3. The van der Waals surface area contributed by atoms with Gasteiger partial charge in [0.2, 0.25) is 0 Å². The third-order valence-electron chi connectivity index (χ3n) is 5.07. The van der Waals surface area contributed by atoms with E-state index < -0.39 is 11.7 Å². The predicted molar refractivity (Wildman–Crippen MR) is 101 cm³/mol. The molecule has 8 heteroatoms. The SMILES string of the molecule is Cc1cc2c(N3CCCN(Cc4ccc(C(F)(F)F)cc4)CC3)nccn2n1. The Morgan fingerprint density at radius 3 is 2.57 bits per heavy atom. The Morgan fingerprint density at radius 1 is 1.04 bits per heavy atom. The first kappa shape index (κ1) is 18.7. The Kier molecular flexibility index (Phi) is 4.97. The number of anilines is 1. The van der Waals surface area contributed by atoms with Gasteiger partial charge in [0.25, 0.3) is 0 Å². The van der Waals surface area contributed by atoms with Crippen molar-refractivity contribution >= 4 is 11.3 Å². The third kappa shape index (κ3) is 3.96. The number of hydrogen-bond acceptors (Lipinski definition) is 4. The van der Waals surface area contributed by atoms with Gasteiger partial charge in [0.05, 0.1) is 11.3 Å². The Bertz CT molecular complexity index is 949. The maximum atomic E-state index is 12.7. The number of aromatic nitrogens is 3. The van der Waals surface area contributed by atoms with Crippen LogP contribution in [-0.4, -0.2) is 45.7 Å². The molecule has 0 spiro atoms. The first-order chi connectivity index (χ1) is 13.4. The first-order valence-electron chi connectivity index (χ1n) is 9.34. The average molecular weight is 389 g/mol. The van der Waals surface area contributed by atoms with E-state index in [9.17, 15) is 13.2 Å². The second kappa shape index (κ2) is 7.43. The van der Waals surface area contributed by atoms with Gasteiger partial charge in [0, 0.05) is 45.1 Å². The van der Waals surface area contributed by atoms with Crippen LogP contribution in [-0.2, 0) is 12.7 Å². The van der Waals surface area contributed by atoms with Crippen LogP contribution in [0.2, 0.25) is 0 Å². The van der Waals surface area contributed by atoms with Gasteiger partial charge in [-0.2, -0.15) is 18.3 Å². The lowest BCUT2D eigenvalue weighted by atomic mass is 10.1. The maximum Gasteiger partial charge on any atom is 0.416 e. The van der Waals surface area contributed by atoms with Crippen LogP contribution in [0.5, 0.6) is 0 Å². The number of halogens is 3. The minimum Gasteiger partial charge on any atom is -0.353 e. The summed E-state index contributed by atoms with van der Waals surface area (Å²) in [7, 11) is 0. The minimum atomic E-state index is -4.29. The second-order valence-corrected chi connectivity index (χ2v) is 7.18. The Hall–Kier alpha value is -2.61. The molecule has 1 fully saturated rings. The van der Waals surface area contributed by atoms with Crippen LogP contribution in [0, 0.1) is 6.92 Å². The monoisotopic (exact) mass is 389 g/mol. The number of hydrogen-bond donors (Lipinski definition) is 0. The molecule has 1 aromatic carbocycles. The number of rotatable bonds is 3. The number of fused-ring (bicyclic) bond motifs is 1. The minimum absolute atomic E-state index is 0.603. The van der Waals surface area contributed by atoms with Crippen LogP contribution >= 0.6 is 0 Å². The Balaban J connectivity index is 1.44. The van der Waals surface area contributed by atoms with Crippen molar-refractivity contribution in [1.29, 1.82) is 0 Å². The highest BCUT2D eigenvalue weighted by Gasteiger charge is 2.30. The number of aryl methyl sites for hydroxylation is 1. The van der Waals surface area contributed by atoms with E-state index in [0.717, 1.165) is 67.3 Å². The third-order valence-corrected chi connectivity index (χ3v) is 5.07. The van der Waals surface area contributed by atoms with Gasteiger partial charge in [-0.3, -0.25) is 4.90 Å². The van der Waals surface area contributed by atoms with Gasteiger partial charge < -0.3 is 4.90 Å². The molecular weight excluding hydrogens is 367 g/mol. The fourth-order valence-electron chi connectivity index (χ4n) is 3.67. The molecule has 3 heterocycles. The summed E-state index contributed by atoms with van der Waals surface area (Å²) >= 11 is 0. The zero-order chi connectivity index (χ0) is 19.7. The Labute approximate surface area is 161 Å². The van der Waals surface area contributed by atoms with E-state index in [1.54, 1.807) is 18.3 Å². The maximum absolute atomic E-state index is 12.7. The predicted octanol–water partition coefficient (Wildman–Crippen LogP) is 3.77. The summed E-state index contributed by atoms with van der Waals surface area (Å²) in [5.74, 6) is 0.930. The van der Waals surface area contributed by atoms with E-state index in [4.69, 9.17) is 0 Å². The highest BCUT2D eigenvalue weighted by atomic mass is 19.4. The highest BCUT2D eigenvalue weighted by Crippen LogP contribution is 2.29. The van der Waals surface area contributed by atoms with Crippen molar-refractivity contribution in [2.75, 3.05) is 31.1 Å². The molecule has 5 nitrogen and oxygen atoms in total. The van der Waals surface area contributed by atoms with E-state index in [2.05, 4.69) is 19.9 Å². The van der Waals surface area contributed by atoms with Crippen molar-refractivity contribution in [1.82, 2.24) is 19.5 Å². The van der Waals surface area contributed by atoms with Gasteiger partial charge in [-0.1, -0.05) is 12.1 Å². The lowest BCUT2D eigenvalue weighted by molar-refractivity contribution is -0.137. The lowest BCUT2D eigenvalue weighted by Gasteiger charge is -2.23. The molecule has 0 bridgehead atoms. The van der Waals surface area contributed by atoms with Crippen molar-refractivity contribution in [2.45, 2.75) is 26.1 Å². The molecule has 2 aromatic heterocycles. The zero-order valence-electron chi connectivity index (χ0n) is 15.7. The number of benzene rings is 1. The molecule has 4 rings (SSSR count). The van der Waals surface area contributed by atoms with E-state index in [1.165, 1.54) is 0 Å². The fourth-order valence-corrected chi connectivity index (χ4v) is 3.67. The zero-order valence-corrected chi connectivity index (χ0v) is 15.7. The van der Waals surface area contributed by atoms with E-state index >= 15 is 0 Å². The molecule has 28 heavy (non-hydrogen) atoms. The van der Waals surface area contributed by atoms with Gasteiger partial charge in [-0.25, -0.2) is 9.50 Å². The van der Waals surface area contributed by atoms with Gasteiger partial charge >= 0.3 is 6.18 Å². The highest BCUT2D eigenvalue weighted by molar-refractivity contribution is 5.69. The van der Waals surface area contributed by atoms with E-state index in [-0.39, 0.29) is 0 Å². The molecule has 0 atom stereocenters. The molecule has 0 amide bonds. The van der Waals surface area contributed by atoms with Crippen LogP contribution in [0.1, 0.15) is 23.2 Å². The molecule has 148 valence electrons. The van der Waals surface area contributed by atoms with Crippen LogP contribution in [0.25, 0.3) is 5.52 Å². The van der Waals surface area contributed by atoms with Gasteiger partial charge in [0.1, 0.15) is 5.52 Å². The van der Waals surface area contributed by atoms with Gasteiger partial charge in [-0.15, -0.1) is 0 Å². The lowest BCUT2D eigenvalue weighted by Crippen LogP contribution is -2.31. The van der Waals surface area contributed by atoms with Crippen molar-refractivity contribution in [3.05, 3.63) is 59.5 Å². The van der Waals surface area contributed by atoms with Crippen LogP contribution in [0.4, 0.5) is 19.0 Å². The molecule has 0 saturated carbocycles. The second-order valence-electron chi connectivity index (χ2n) is 7.18. The first-order valence-corrected chi connectivity index (χ1v) is 9.34. The summed E-state index contributed by atoms with van der Waals surface area (Å²) < 4.78 is 40.0. The molecule has 1 aliphatic rings. The molecule has 0 aliphatic carbocycles. The molecule has 0 radical (unpaired) electrons. The van der Waals surface area contributed by atoms with E-state index in [1.807, 2.05) is 23.7 Å². The molecular formula is C20H22F3N5. The van der Waals surface area contributed by atoms with Crippen molar-refractivity contribution in [2.24, 2.45) is 0 Å². The molecule has 1 saturated heterocycles. The quantitative estimate of drug-likeness (QED) is 0.683. The van der Waals surface area contributed by atoms with Gasteiger partial charge in [-0.05, 0) is 37.1 Å². The summed E-state index contributed by atoms with van der Waals surface area (Å²) in [6, 6.07) is 7.50. The smallest absolute Gasteiger partial charge is 0.353 e. The van der Waals surface area contributed by atoms with Crippen molar-refractivity contribution < 1.29 is 13.2 Å². The fraction of sp³-hybridized carbons (Fsp3) is 0.400. The molecule has 1 aliphatic heterocycles. The summed E-state index contributed by atoms with van der Waals surface area (Å²) in [6.45, 7) is 6.05. The summed E-state index contributed by atoms with van der Waals surface area (Å²) in [4.78, 5) is 9.12. The average Bonchev–Trinajstić information content (AvgIpc) is 2.88. The number of nitrogens with zero attached hydrogens (tertiary/aromatic N) is 5.